The number of benzene rings is 1. The molecule has 1 N–H and O–H groups in total. The molecular weight excluding hydrogens is 350 g/mol. The zero-order chi connectivity index (χ0) is 14.7. The van der Waals surface area contributed by atoms with E-state index in [2.05, 4.69) is 31.2 Å². The third-order valence-electron chi connectivity index (χ3n) is 2.80. The zero-order valence-corrected chi connectivity index (χ0v) is 13.2. The Kier molecular flexibility index (Phi) is 4.08. The summed E-state index contributed by atoms with van der Waals surface area (Å²) in [5, 5.41) is 5.72. The molecule has 3 aromatic rings. The normalized spacial score (nSPS) is 10.3. The second-order valence-electron chi connectivity index (χ2n) is 4.20. The molecule has 6 heteroatoms. The van der Waals surface area contributed by atoms with Crippen LogP contribution in [-0.4, -0.2) is 15.9 Å². The molecule has 0 aliphatic carbocycles. The Morgan fingerprint density at radius 1 is 1.10 bits per heavy atom. The van der Waals surface area contributed by atoms with E-state index in [1.54, 1.807) is 35.9 Å². The molecule has 0 unspecified atom stereocenters. The van der Waals surface area contributed by atoms with Gasteiger partial charge in [-0.25, -0.2) is 9.97 Å². The van der Waals surface area contributed by atoms with Gasteiger partial charge in [-0.2, -0.15) is 0 Å². The van der Waals surface area contributed by atoms with Crippen LogP contribution in [0.15, 0.2) is 58.6 Å². The lowest BCUT2D eigenvalue weighted by Crippen LogP contribution is -2.14. The van der Waals surface area contributed by atoms with Crippen molar-refractivity contribution in [2.75, 3.05) is 5.32 Å². The highest BCUT2D eigenvalue weighted by Crippen LogP contribution is 2.23. The summed E-state index contributed by atoms with van der Waals surface area (Å²) in [4.78, 5) is 20.5. The Morgan fingerprint density at radius 3 is 2.57 bits per heavy atom. The molecule has 21 heavy (non-hydrogen) atoms. The van der Waals surface area contributed by atoms with Gasteiger partial charge in [0.2, 0.25) is 0 Å². The predicted octanol–water partition coefficient (Wildman–Crippen LogP) is 4.22. The molecule has 0 bridgehead atoms. The van der Waals surface area contributed by atoms with Crippen LogP contribution < -0.4 is 5.32 Å². The topological polar surface area (TPSA) is 54.9 Å². The highest BCUT2D eigenvalue weighted by Gasteiger charge is 2.11. The summed E-state index contributed by atoms with van der Waals surface area (Å²) in [6.45, 7) is 0. The molecule has 0 fully saturated rings. The first-order valence-corrected chi connectivity index (χ1v) is 7.83. The summed E-state index contributed by atoms with van der Waals surface area (Å²) in [5.74, 6) is -0.246. The van der Waals surface area contributed by atoms with Crippen molar-refractivity contribution in [1.82, 2.24) is 9.97 Å². The first kappa shape index (κ1) is 13.9. The molecular formula is C15H10BrN3OS. The number of carbonyl (C=O) groups is 1. The van der Waals surface area contributed by atoms with Gasteiger partial charge in [0.1, 0.15) is 10.7 Å². The fourth-order valence-electron chi connectivity index (χ4n) is 1.81. The average molecular weight is 360 g/mol. The molecule has 0 aliphatic rings. The van der Waals surface area contributed by atoms with Gasteiger partial charge in [0.25, 0.3) is 5.91 Å². The van der Waals surface area contributed by atoms with Gasteiger partial charge in [-0.15, -0.1) is 11.3 Å². The van der Waals surface area contributed by atoms with Crippen LogP contribution in [0.2, 0.25) is 0 Å². The lowest BCUT2D eigenvalue weighted by atomic mass is 10.2. The van der Waals surface area contributed by atoms with Gasteiger partial charge in [-0.3, -0.25) is 4.79 Å². The molecule has 0 atom stereocenters. The van der Waals surface area contributed by atoms with Gasteiger partial charge < -0.3 is 5.32 Å². The van der Waals surface area contributed by atoms with Crippen LogP contribution in [0.5, 0.6) is 0 Å². The van der Waals surface area contributed by atoms with Crippen molar-refractivity contribution < 1.29 is 4.79 Å². The van der Waals surface area contributed by atoms with E-state index >= 15 is 0 Å². The molecule has 0 radical (unpaired) electrons. The van der Waals surface area contributed by atoms with Crippen LogP contribution in [-0.2, 0) is 0 Å². The van der Waals surface area contributed by atoms with E-state index in [0.29, 0.717) is 10.2 Å². The van der Waals surface area contributed by atoms with Gasteiger partial charge in [-0.05, 0) is 52.3 Å². The molecule has 4 nitrogen and oxygen atoms in total. The largest absolute Gasteiger partial charge is 0.321 e. The zero-order valence-electron chi connectivity index (χ0n) is 10.8. The summed E-state index contributed by atoms with van der Waals surface area (Å²) >= 11 is 4.90. The lowest BCUT2D eigenvalue weighted by Gasteiger charge is -2.06. The van der Waals surface area contributed by atoms with Crippen molar-refractivity contribution >= 4 is 38.9 Å². The molecule has 3 rings (SSSR count). The number of hydrogen-bond acceptors (Lipinski definition) is 4. The molecule has 0 saturated heterocycles. The summed E-state index contributed by atoms with van der Waals surface area (Å²) in [5.41, 5.74) is 2.11. The van der Waals surface area contributed by atoms with Gasteiger partial charge >= 0.3 is 0 Å². The monoisotopic (exact) mass is 359 g/mol. The summed E-state index contributed by atoms with van der Waals surface area (Å²) in [6, 6.07) is 11.1. The van der Waals surface area contributed by atoms with E-state index in [9.17, 15) is 4.79 Å². The summed E-state index contributed by atoms with van der Waals surface area (Å²) in [7, 11) is 0. The number of thiazole rings is 1. The number of halogens is 1. The Labute approximate surface area is 134 Å². The minimum atomic E-state index is -0.246. The third-order valence-corrected chi connectivity index (χ3v) is 4.26. The van der Waals surface area contributed by atoms with Crippen molar-refractivity contribution in [1.29, 1.82) is 0 Å². The van der Waals surface area contributed by atoms with Crippen molar-refractivity contribution in [3.05, 3.63) is 64.3 Å². The van der Waals surface area contributed by atoms with Gasteiger partial charge in [0.15, 0.2) is 0 Å². The average Bonchev–Trinajstić information content (AvgIpc) is 3.02. The molecule has 0 saturated carbocycles. The Balaban J connectivity index is 1.77. The van der Waals surface area contributed by atoms with Gasteiger partial charge in [0.05, 0.1) is 0 Å². The minimum absolute atomic E-state index is 0.246. The van der Waals surface area contributed by atoms with E-state index in [-0.39, 0.29) is 5.91 Å². The number of nitrogens with one attached hydrogen (secondary N) is 1. The second kappa shape index (κ2) is 6.15. The standard InChI is InChI=1S/C15H10BrN3OS/c16-12-2-1-7-17-13(12)14(20)19-11-5-3-10(4-6-11)15-18-8-9-21-15/h1-9H,(H,19,20). The van der Waals surface area contributed by atoms with Crippen LogP contribution in [0, 0.1) is 0 Å². The fourth-order valence-corrected chi connectivity index (χ4v) is 2.88. The predicted molar refractivity (Wildman–Crippen MR) is 87.4 cm³/mol. The molecule has 2 aromatic heterocycles. The van der Waals surface area contributed by atoms with Crippen molar-refractivity contribution in [3.63, 3.8) is 0 Å². The number of hydrogen-bond donors (Lipinski definition) is 1. The van der Waals surface area contributed by atoms with Crippen LogP contribution in [0.1, 0.15) is 10.5 Å². The number of amides is 1. The molecule has 1 aromatic carbocycles. The second-order valence-corrected chi connectivity index (χ2v) is 5.95. The highest BCUT2D eigenvalue weighted by atomic mass is 79.9. The third kappa shape index (κ3) is 3.17. The molecule has 104 valence electrons. The molecule has 0 spiro atoms. The number of pyridine rings is 1. The Morgan fingerprint density at radius 2 is 1.90 bits per heavy atom. The number of rotatable bonds is 3. The van der Waals surface area contributed by atoms with E-state index in [4.69, 9.17) is 0 Å². The van der Waals surface area contributed by atoms with Crippen molar-refractivity contribution in [3.8, 4) is 10.6 Å². The Hall–Kier alpha value is -2.05. The SMILES string of the molecule is O=C(Nc1ccc(-c2nccs2)cc1)c1ncccc1Br. The number of carbonyl (C=O) groups excluding carboxylic acids is 1. The first-order chi connectivity index (χ1) is 10.2. The minimum Gasteiger partial charge on any atom is -0.321 e. The number of aromatic nitrogens is 2. The fraction of sp³-hybridized carbons (Fsp3) is 0. The van der Waals surface area contributed by atoms with E-state index < -0.39 is 0 Å². The Bertz CT molecular complexity index is 757. The van der Waals surface area contributed by atoms with Crippen LogP contribution >= 0.6 is 27.3 Å². The first-order valence-electron chi connectivity index (χ1n) is 6.16. The van der Waals surface area contributed by atoms with E-state index in [0.717, 1.165) is 16.3 Å². The van der Waals surface area contributed by atoms with E-state index in [1.165, 1.54) is 0 Å². The van der Waals surface area contributed by atoms with Crippen molar-refractivity contribution in [2.45, 2.75) is 0 Å². The lowest BCUT2D eigenvalue weighted by molar-refractivity contribution is 0.102. The van der Waals surface area contributed by atoms with Crippen LogP contribution in [0.4, 0.5) is 5.69 Å². The smallest absolute Gasteiger partial charge is 0.275 e. The summed E-state index contributed by atoms with van der Waals surface area (Å²) < 4.78 is 0.668. The molecule has 1 amide bonds. The summed E-state index contributed by atoms with van der Waals surface area (Å²) in [6.07, 6.45) is 3.36. The van der Waals surface area contributed by atoms with Gasteiger partial charge in [-0.1, -0.05) is 0 Å². The van der Waals surface area contributed by atoms with Crippen LogP contribution in [0.25, 0.3) is 10.6 Å². The number of anilines is 1. The maximum atomic E-state index is 12.1. The highest BCUT2D eigenvalue weighted by molar-refractivity contribution is 9.10. The van der Waals surface area contributed by atoms with Crippen molar-refractivity contribution in [2.24, 2.45) is 0 Å². The van der Waals surface area contributed by atoms with Crippen LogP contribution in [0.3, 0.4) is 0 Å². The molecule has 0 aliphatic heterocycles. The molecule has 2 heterocycles. The maximum Gasteiger partial charge on any atom is 0.275 e. The van der Waals surface area contributed by atoms with Gasteiger partial charge in [0, 0.05) is 33.5 Å². The quantitative estimate of drug-likeness (QED) is 0.761. The maximum absolute atomic E-state index is 12.1. The number of nitrogens with zero attached hydrogens (tertiary/aromatic N) is 2. The van der Waals surface area contributed by atoms with E-state index in [1.807, 2.05) is 29.6 Å².